The Morgan fingerprint density at radius 3 is 1.68 bits per heavy atom. The van der Waals surface area contributed by atoms with E-state index in [9.17, 15) is 0 Å². The SMILES string of the molecule is c1ccc(-c2nc(-c3ccc4c(c3)oc3cc(-n5c6ccccc6c6ccccc65)ccc34)nc(-c3ccc4sc5cccc(-c6ccccc6)c5c4c3)n2)cc1. The molecule has 57 heavy (non-hydrogen) atoms. The van der Waals surface area contributed by atoms with Gasteiger partial charge in [0, 0.05) is 70.2 Å². The summed E-state index contributed by atoms with van der Waals surface area (Å²) in [5, 5.41) is 7.01. The summed E-state index contributed by atoms with van der Waals surface area (Å²) in [4.78, 5) is 15.3. The van der Waals surface area contributed by atoms with Gasteiger partial charge in [0.25, 0.3) is 0 Å². The lowest BCUT2D eigenvalue weighted by Crippen LogP contribution is -2.00. The Labute approximate surface area is 330 Å². The molecule has 12 rings (SSSR count). The average molecular weight is 747 g/mol. The van der Waals surface area contributed by atoms with Gasteiger partial charge in [0.05, 0.1) is 11.0 Å². The molecule has 0 unspecified atom stereocenters. The molecule has 6 heteroatoms. The fourth-order valence-electron chi connectivity index (χ4n) is 8.42. The van der Waals surface area contributed by atoms with Crippen LogP contribution in [0, 0.1) is 0 Å². The molecule has 5 nitrogen and oxygen atoms in total. The summed E-state index contributed by atoms with van der Waals surface area (Å²) in [6.07, 6.45) is 0. The monoisotopic (exact) mass is 746 g/mol. The first-order valence-electron chi connectivity index (χ1n) is 19.0. The fourth-order valence-corrected chi connectivity index (χ4v) is 9.53. The topological polar surface area (TPSA) is 56.7 Å². The molecule has 0 radical (unpaired) electrons. The van der Waals surface area contributed by atoms with Crippen molar-refractivity contribution in [3.63, 3.8) is 0 Å². The number of hydrogen-bond acceptors (Lipinski definition) is 5. The lowest BCUT2D eigenvalue weighted by atomic mass is 9.99. The van der Waals surface area contributed by atoms with Crippen molar-refractivity contribution in [2.45, 2.75) is 0 Å². The number of thiophene rings is 1. The van der Waals surface area contributed by atoms with Crippen molar-refractivity contribution in [3.8, 4) is 51.0 Å². The number of hydrogen-bond donors (Lipinski definition) is 0. The number of fused-ring (bicyclic) bond motifs is 9. The van der Waals surface area contributed by atoms with Gasteiger partial charge in [-0.25, -0.2) is 15.0 Å². The van der Waals surface area contributed by atoms with Crippen molar-refractivity contribution < 1.29 is 4.42 Å². The van der Waals surface area contributed by atoms with Crippen LogP contribution in [0.3, 0.4) is 0 Å². The zero-order valence-electron chi connectivity index (χ0n) is 30.4. The molecule has 0 fully saturated rings. The number of para-hydroxylation sites is 2. The molecule has 0 aliphatic rings. The van der Waals surface area contributed by atoms with Crippen molar-refractivity contribution in [1.82, 2.24) is 19.5 Å². The van der Waals surface area contributed by atoms with E-state index in [1.165, 1.54) is 53.1 Å². The Balaban J connectivity index is 1.00. The third kappa shape index (κ3) is 5.12. The van der Waals surface area contributed by atoms with Gasteiger partial charge in [-0.1, -0.05) is 115 Å². The van der Waals surface area contributed by atoms with Crippen molar-refractivity contribution in [2.75, 3.05) is 0 Å². The predicted octanol–water partition coefficient (Wildman–Crippen LogP) is 13.9. The van der Waals surface area contributed by atoms with Gasteiger partial charge in [-0.3, -0.25) is 0 Å². The van der Waals surface area contributed by atoms with E-state index in [2.05, 4.69) is 156 Å². The summed E-state index contributed by atoms with van der Waals surface area (Å²) in [5.41, 5.74) is 10.1. The van der Waals surface area contributed by atoms with Gasteiger partial charge in [0.2, 0.25) is 0 Å². The van der Waals surface area contributed by atoms with Crippen molar-refractivity contribution in [2.24, 2.45) is 0 Å². The number of aromatic nitrogens is 4. The lowest BCUT2D eigenvalue weighted by Gasteiger charge is -2.09. The summed E-state index contributed by atoms with van der Waals surface area (Å²) in [7, 11) is 0. The van der Waals surface area contributed by atoms with Crippen LogP contribution in [0.15, 0.2) is 186 Å². The van der Waals surface area contributed by atoms with Crippen molar-refractivity contribution in [3.05, 3.63) is 182 Å². The average Bonchev–Trinajstić information content (AvgIpc) is 3.95. The van der Waals surface area contributed by atoms with Crippen LogP contribution in [0.2, 0.25) is 0 Å². The number of benzene rings is 8. The van der Waals surface area contributed by atoms with Crippen LogP contribution in [-0.2, 0) is 0 Å². The molecular formula is C51H30N4OS. The summed E-state index contributed by atoms with van der Waals surface area (Å²) in [6.45, 7) is 0. The van der Waals surface area contributed by atoms with E-state index in [4.69, 9.17) is 19.4 Å². The number of rotatable bonds is 5. The minimum absolute atomic E-state index is 0.590. The van der Waals surface area contributed by atoms with Gasteiger partial charge in [-0.15, -0.1) is 11.3 Å². The first kappa shape index (κ1) is 31.9. The molecule has 0 N–H and O–H groups in total. The molecule has 266 valence electrons. The summed E-state index contributed by atoms with van der Waals surface area (Å²) in [6, 6.07) is 63.8. The standard InChI is InChI=1S/C51H30N4OS/c1-3-12-31(13-4-1)36-18-11-21-47-48(36)41-28-33(23-27-46(41)57-47)50-52-49(32-14-5-2-6-15-32)53-51(54-50)34-22-25-39-40-26-24-35(30-45(40)56-44(39)29-34)55-42-19-9-7-16-37(42)38-17-8-10-20-43(38)55/h1-30H. The van der Waals surface area contributed by atoms with Crippen LogP contribution >= 0.6 is 11.3 Å². The quantitative estimate of drug-likeness (QED) is 0.176. The molecule has 0 saturated carbocycles. The number of nitrogens with zero attached hydrogens (tertiary/aromatic N) is 4. The first-order chi connectivity index (χ1) is 28.2. The molecule has 4 heterocycles. The second kappa shape index (κ2) is 12.6. The minimum atomic E-state index is 0.590. The smallest absolute Gasteiger partial charge is 0.164 e. The lowest BCUT2D eigenvalue weighted by molar-refractivity contribution is 0.668. The Bertz CT molecular complexity index is 3470. The normalized spacial score (nSPS) is 11.9. The van der Waals surface area contributed by atoms with Crippen LogP contribution < -0.4 is 0 Å². The second-order valence-electron chi connectivity index (χ2n) is 14.4. The maximum absolute atomic E-state index is 6.65. The van der Waals surface area contributed by atoms with Crippen LogP contribution in [0.5, 0.6) is 0 Å². The highest BCUT2D eigenvalue weighted by molar-refractivity contribution is 7.26. The molecule has 8 aromatic carbocycles. The van der Waals surface area contributed by atoms with Gasteiger partial charge in [-0.05, 0) is 71.8 Å². The molecule has 0 saturated heterocycles. The Kier molecular flexibility index (Phi) is 7.03. The van der Waals surface area contributed by atoms with Crippen LogP contribution in [-0.4, -0.2) is 19.5 Å². The van der Waals surface area contributed by atoms with E-state index < -0.39 is 0 Å². The molecular weight excluding hydrogens is 717 g/mol. The van der Waals surface area contributed by atoms with Crippen LogP contribution in [0.4, 0.5) is 0 Å². The van der Waals surface area contributed by atoms with E-state index in [1.54, 1.807) is 0 Å². The zero-order chi connectivity index (χ0) is 37.5. The molecule has 0 bridgehead atoms. The van der Waals surface area contributed by atoms with E-state index in [0.717, 1.165) is 44.3 Å². The zero-order valence-corrected chi connectivity index (χ0v) is 31.2. The van der Waals surface area contributed by atoms with Gasteiger partial charge >= 0.3 is 0 Å². The third-order valence-electron chi connectivity index (χ3n) is 11.1. The molecule has 4 aromatic heterocycles. The summed E-state index contributed by atoms with van der Waals surface area (Å²) < 4.78 is 11.5. The van der Waals surface area contributed by atoms with Crippen LogP contribution in [0.1, 0.15) is 0 Å². The van der Waals surface area contributed by atoms with Gasteiger partial charge < -0.3 is 8.98 Å². The maximum Gasteiger partial charge on any atom is 0.164 e. The van der Waals surface area contributed by atoms with Crippen molar-refractivity contribution in [1.29, 1.82) is 0 Å². The minimum Gasteiger partial charge on any atom is -0.456 e. The maximum atomic E-state index is 6.65. The number of furan rings is 1. The Hall–Kier alpha value is -7.41. The van der Waals surface area contributed by atoms with E-state index >= 15 is 0 Å². The van der Waals surface area contributed by atoms with E-state index in [0.29, 0.717) is 17.5 Å². The largest absolute Gasteiger partial charge is 0.456 e. The van der Waals surface area contributed by atoms with Crippen LogP contribution in [0.25, 0.3) is 115 Å². The Morgan fingerprint density at radius 1 is 0.386 bits per heavy atom. The molecule has 0 amide bonds. The van der Waals surface area contributed by atoms with E-state index in [-0.39, 0.29) is 0 Å². The first-order valence-corrected chi connectivity index (χ1v) is 19.8. The Morgan fingerprint density at radius 2 is 0.965 bits per heavy atom. The van der Waals surface area contributed by atoms with E-state index in [1.807, 2.05) is 41.7 Å². The highest BCUT2D eigenvalue weighted by Gasteiger charge is 2.18. The van der Waals surface area contributed by atoms with Gasteiger partial charge in [0.1, 0.15) is 11.2 Å². The molecule has 0 aliphatic heterocycles. The molecule has 0 spiro atoms. The molecule has 12 aromatic rings. The summed E-state index contributed by atoms with van der Waals surface area (Å²) >= 11 is 1.81. The molecule has 0 aliphatic carbocycles. The second-order valence-corrected chi connectivity index (χ2v) is 15.5. The van der Waals surface area contributed by atoms with Crippen molar-refractivity contribution >= 4 is 75.3 Å². The fraction of sp³-hybridized carbons (Fsp3) is 0. The van der Waals surface area contributed by atoms with Gasteiger partial charge in [-0.2, -0.15) is 0 Å². The van der Waals surface area contributed by atoms with Gasteiger partial charge in [0.15, 0.2) is 17.5 Å². The highest BCUT2D eigenvalue weighted by Crippen LogP contribution is 2.42. The highest BCUT2D eigenvalue weighted by atomic mass is 32.1. The molecule has 0 atom stereocenters. The third-order valence-corrected chi connectivity index (χ3v) is 12.2. The predicted molar refractivity (Wildman–Crippen MR) is 236 cm³/mol. The summed E-state index contributed by atoms with van der Waals surface area (Å²) in [5.74, 6) is 1.83.